The van der Waals surface area contributed by atoms with E-state index in [1.165, 1.54) is 0 Å². The molecule has 0 aromatic rings. The number of carbonyl (C=O) groups is 6. The molecule has 0 fully saturated rings. The molecule has 0 saturated carbocycles. The number of hydrogen-bond donors (Lipinski definition) is 8. The fourth-order valence-corrected chi connectivity index (χ4v) is 2.51. The van der Waals surface area contributed by atoms with Crippen molar-refractivity contribution >= 4 is 35.6 Å². The number of hydrogen-bond acceptors (Lipinski definition) is 8. The Morgan fingerprint density at radius 2 is 1.28 bits per heavy atom. The van der Waals surface area contributed by atoms with Crippen molar-refractivity contribution < 1.29 is 49.2 Å². The van der Waals surface area contributed by atoms with Crippen molar-refractivity contribution in [1.29, 1.82) is 0 Å². The van der Waals surface area contributed by atoms with Crippen LogP contribution in [0.1, 0.15) is 39.5 Å². The highest BCUT2D eigenvalue weighted by Gasteiger charge is 2.31. The van der Waals surface area contributed by atoms with E-state index in [1.807, 2.05) is 5.32 Å². The van der Waals surface area contributed by atoms with Gasteiger partial charge in [-0.15, -0.1) is 0 Å². The molecule has 0 aliphatic carbocycles. The summed E-state index contributed by atoms with van der Waals surface area (Å²) >= 11 is 0. The van der Waals surface area contributed by atoms with Crippen molar-refractivity contribution in [3.63, 3.8) is 0 Å². The second kappa shape index (κ2) is 13.9. The molecule has 32 heavy (non-hydrogen) atoms. The Morgan fingerprint density at radius 1 is 0.781 bits per heavy atom. The van der Waals surface area contributed by atoms with Gasteiger partial charge in [0.2, 0.25) is 17.7 Å². The summed E-state index contributed by atoms with van der Waals surface area (Å²) in [4.78, 5) is 69.5. The molecular formula is C18H30N4O10. The van der Waals surface area contributed by atoms with E-state index in [0.717, 1.165) is 0 Å². The maximum Gasteiger partial charge on any atom is 0.326 e. The number of carboxylic acids is 3. The lowest BCUT2D eigenvalue weighted by Gasteiger charge is -2.25. The summed E-state index contributed by atoms with van der Waals surface area (Å²) in [6.07, 6.45) is -1.43. The van der Waals surface area contributed by atoms with Gasteiger partial charge in [-0.1, -0.05) is 13.8 Å². The normalized spacial score (nSPS) is 14.5. The van der Waals surface area contributed by atoms with Crippen LogP contribution in [0.15, 0.2) is 0 Å². The molecular weight excluding hydrogens is 432 g/mol. The fraction of sp³-hybridized carbons (Fsp3) is 0.667. The molecule has 4 unspecified atom stereocenters. The minimum Gasteiger partial charge on any atom is -0.481 e. The molecule has 182 valence electrons. The first-order chi connectivity index (χ1) is 14.8. The minimum atomic E-state index is -1.73. The van der Waals surface area contributed by atoms with Crippen LogP contribution in [-0.2, 0) is 28.8 Å². The van der Waals surface area contributed by atoms with Gasteiger partial charge in [0.1, 0.15) is 18.1 Å². The van der Waals surface area contributed by atoms with E-state index in [9.17, 15) is 33.9 Å². The lowest BCUT2D eigenvalue weighted by molar-refractivity contribution is -0.147. The van der Waals surface area contributed by atoms with Crippen LogP contribution in [0.2, 0.25) is 0 Å². The zero-order valence-corrected chi connectivity index (χ0v) is 17.7. The number of aliphatic hydroxyl groups is 1. The first kappa shape index (κ1) is 28.7. The van der Waals surface area contributed by atoms with Gasteiger partial charge < -0.3 is 42.1 Å². The van der Waals surface area contributed by atoms with Crippen LogP contribution in [-0.4, -0.2) is 86.8 Å². The maximum absolute atomic E-state index is 12.5. The van der Waals surface area contributed by atoms with Crippen LogP contribution in [0.5, 0.6) is 0 Å². The zero-order valence-electron chi connectivity index (χ0n) is 17.7. The predicted octanol–water partition coefficient (Wildman–Crippen LogP) is -2.77. The highest BCUT2D eigenvalue weighted by atomic mass is 16.4. The molecule has 0 aromatic heterocycles. The molecule has 0 radical (unpaired) electrons. The van der Waals surface area contributed by atoms with Crippen LogP contribution in [0.25, 0.3) is 0 Å². The Kier molecular flexibility index (Phi) is 12.5. The van der Waals surface area contributed by atoms with E-state index in [0.29, 0.717) is 0 Å². The summed E-state index contributed by atoms with van der Waals surface area (Å²) in [5.41, 5.74) is 5.55. The quantitative estimate of drug-likeness (QED) is 0.124. The highest BCUT2D eigenvalue weighted by molar-refractivity contribution is 5.94. The summed E-state index contributed by atoms with van der Waals surface area (Å²) in [6, 6.07) is -5.79. The Hall–Kier alpha value is -3.26. The monoisotopic (exact) mass is 462 g/mol. The van der Waals surface area contributed by atoms with Crippen LogP contribution < -0.4 is 21.7 Å². The van der Waals surface area contributed by atoms with Gasteiger partial charge >= 0.3 is 17.9 Å². The highest BCUT2D eigenvalue weighted by Crippen LogP contribution is 2.07. The standard InChI is InChI=1S/C18H30N4O10/c1-8(2)5-10(16(29)21-11(18(31)32)6-14(26)27)20-17(30)12(7-23)22-15(28)9(19)3-4-13(24)25/h8-12,23H,3-7,19H2,1-2H3,(H,20,30)(H,21,29)(H,22,28)(H,24,25)(H,26,27)(H,31,32). The third kappa shape index (κ3) is 11.2. The van der Waals surface area contributed by atoms with Gasteiger partial charge in [-0.05, 0) is 18.8 Å². The lowest BCUT2D eigenvalue weighted by Crippen LogP contribution is -2.58. The lowest BCUT2D eigenvalue weighted by atomic mass is 10.0. The Labute approximate surface area is 183 Å². The SMILES string of the molecule is CC(C)CC(NC(=O)C(CO)NC(=O)C(N)CCC(=O)O)C(=O)NC(CC(=O)O)C(=O)O. The van der Waals surface area contributed by atoms with E-state index in [4.69, 9.17) is 21.1 Å². The molecule has 0 heterocycles. The third-order valence-electron chi connectivity index (χ3n) is 4.15. The molecule has 0 aromatic carbocycles. The van der Waals surface area contributed by atoms with Crippen molar-refractivity contribution in [2.45, 2.75) is 63.7 Å². The van der Waals surface area contributed by atoms with Gasteiger partial charge in [0.15, 0.2) is 0 Å². The predicted molar refractivity (Wildman–Crippen MR) is 107 cm³/mol. The van der Waals surface area contributed by atoms with Gasteiger partial charge in [0, 0.05) is 6.42 Å². The van der Waals surface area contributed by atoms with Gasteiger partial charge in [-0.3, -0.25) is 24.0 Å². The molecule has 0 bridgehead atoms. The van der Waals surface area contributed by atoms with Crippen molar-refractivity contribution in [2.75, 3.05) is 6.61 Å². The molecule has 0 aliphatic rings. The first-order valence-electron chi connectivity index (χ1n) is 9.72. The molecule has 9 N–H and O–H groups in total. The number of amides is 3. The van der Waals surface area contributed by atoms with Crippen LogP contribution in [0.3, 0.4) is 0 Å². The van der Waals surface area contributed by atoms with Gasteiger partial charge in [0.25, 0.3) is 0 Å². The van der Waals surface area contributed by atoms with Crippen LogP contribution in [0, 0.1) is 5.92 Å². The van der Waals surface area contributed by atoms with E-state index in [-0.39, 0.29) is 25.2 Å². The van der Waals surface area contributed by atoms with Gasteiger partial charge in [-0.2, -0.15) is 0 Å². The minimum absolute atomic E-state index is 0.0429. The molecule has 0 spiro atoms. The number of aliphatic hydroxyl groups excluding tert-OH is 1. The van der Waals surface area contributed by atoms with Crippen LogP contribution >= 0.6 is 0 Å². The number of nitrogens with one attached hydrogen (secondary N) is 3. The van der Waals surface area contributed by atoms with E-state index in [1.54, 1.807) is 13.8 Å². The second-order valence-corrected chi connectivity index (χ2v) is 7.47. The second-order valence-electron chi connectivity index (χ2n) is 7.47. The summed E-state index contributed by atoms with van der Waals surface area (Å²) in [5, 5.41) is 42.4. The van der Waals surface area contributed by atoms with Crippen molar-refractivity contribution in [3.05, 3.63) is 0 Å². The maximum atomic E-state index is 12.5. The molecule has 14 heteroatoms. The molecule has 0 rings (SSSR count). The summed E-state index contributed by atoms with van der Waals surface area (Å²) in [5.74, 6) is -7.18. The van der Waals surface area contributed by atoms with E-state index < -0.39 is 72.8 Å². The van der Waals surface area contributed by atoms with Crippen molar-refractivity contribution in [2.24, 2.45) is 11.7 Å². The molecule has 4 atom stereocenters. The topological polar surface area (TPSA) is 245 Å². The summed E-state index contributed by atoms with van der Waals surface area (Å²) in [7, 11) is 0. The Morgan fingerprint density at radius 3 is 1.72 bits per heavy atom. The number of aliphatic carboxylic acids is 3. The summed E-state index contributed by atoms with van der Waals surface area (Å²) in [6.45, 7) is 2.56. The number of rotatable bonds is 15. The van der Waals surface area contributed by atoms with Crippen molar-refractivity contribution in [3.8, 4) is 0 Å². The summed E-state index contributed by atoms with van der Waals surface area (Å²) < 4.78 is 0. The zero-order chi connectivity index (χ0) is 25.0. The fourth-order valence-electron chi connectivity index (χ4n) is 2.51. The third-order valence-corrected chi connectivity index (χ3v) is 4.15. The van der Waals surface area contributed by atoms with Crippen molar-refractivity contribution in [1.82, 2.24) is 16.0 Å². The van der Waals surface area contributed by atoms with E-state index in [2.05, 4.69) is 10.6 Å². The molecule has 0 aliphatic heterocycles. The van der Waals surface area contributed by atoms with E-state index >= 15 is 0 Å². The van der Waals surface area contributed by atoms with Crippen LogP contribution in [0.4, 0.5) is 0 Å². The Bertz CT molecular complexity index is 712. The van der Waals surface area contributed by atoms with Gasteiger partial charge in [-0.25, -0.2) is 4.79 Å². The smallest absolute Gasteiger partial charge is 0.326 e. The molecule has 0 saturated heterocycles. The number of carboxylic acid groups (broad SMARTS) is 3. The molecule has 3 amide bonds. The number of carbonyl (C=O) groups excluding carboxylic acids is 3. The van der Waals surface area contributed by atoms with Gasteiger partial charge in [0.05, 0.1) is 19.1 Å². The average molecular weight is 462 g/mol. The molecule has 14 nitrogen and oxygen atoms in total. The average Bonchev–Trinajstić information content (AvgIpc) is 2.67. The number of nitrogens with two attached hydrogens (primary N) is 1. The Balaban J connectivity index is 5.25. The first-order valence-corrected chi connectivity index (χ1v) is 9.72. The largest absolute Gasteiger partial charge is 0.481 e.